The third-order valence-corrected chi connectivity index (χ3v) is 5.74. The lowest BCUT2D eigenvalue weighted by Crippen LogP contribution is -2.22. The van der Waals surface area contributed by atoms with Gasteiger partial charge in [-0.15, -0.1) is 0 Å². The maximum atomic E-state index is 12.9. The van der Waals surface area contributed by atoms with Crippen LogP contribution in [-0.2, 0) is 11.2 Å². The van der Waals surface area contributed by atoms with Crippen LogP contribution < -0.4 is 0 Å². The van der Waals surface area contributed by atoms with Crippen LogP contribution in [0.4, 0.5) is 0 Å². The highest BCUT2D eigenvalue weighted by Crippen LogP contribution is 2.46. The number of ketones is 1. The molecule has 1 saturated carbocycles. The van der Waals surface area contributed by atoms with E-state index in [1.54, 1.807) is 12.3 Å². The Balaban J connectivity index is 1.86. The number of nitrogens with zero attached hydrogens (tertiary/aromatic N) is 1. The summed E-state index contributed by atoms with van der Waals surface area (Å²) in [6.45, 7) is 2.07. The Bertz CT molecular complexity index is 870. The van der Waals surface area contributed by atoms with E-state index < -0.39 is 0 Å². The van der Waals surface area contributed by atoms with Gasteiger partial charge in [-0.3, -0.25) is 4.79 Å². The first-order valence-corrected chi connectivity index (χ1v) is 9.18. The molecule has 0 aliphatic heterocycles. The van der Waals surface area contributed by atoms with Gasteiger partial charge < -0.3 is 5.11 Å². The molecule has 1 N–H and O–H groups in total. The molecule has 0 spiro atoms. The number of carbonyl (C=O) groups excluding carboxylic acids is 1. The quantitative estimate of drug-likeness (QED) is 0.768. The summed E-state index contributed by atoms with van der Waals surface area (Å²) >= 11 is 5.88. The summed E-state index contributed by atoms with van der Waals surface area (Å²) in [5, 5.41) is 11.2. The molecule has 1 unspecified atom stereocenters. The highest BCUT2D eigenvalue weighted by atomic mass is 35.5. The van der Waals surface area contributed by atoms with Crippen molar-refractivity contribution in [1.82, 2.24) is 4.98 Å². The highest BCUT2D eigenvalue weighted by Gasteiger charge is 2.41. The molecule has 1 fully saturated rings. The number of aromatic nitrogens is 1. The molecule has 2 aromatic rings. The molecule has 2 aliphatic carbocycles. The second-order valence-electron chi connectivity index (χ2n) is 6.93. The normalized spacial score (nSPS) is 22.6. The van der Waals surface area contributed by atoms with E-state index in [9.17, 15) is 9.90 Å². The molecule has 1 aromatic heterocycles. The summed E-state index contributed by atoms with van der Waals surface area (Å²) in [5.41, 5.74) is 4.41. The lowest BCUT2D eigenvalue weighted by Gasteiger charge is -2.23. The summed E-state index contributed by atoms with van der Waals surface area (Å²) in [5.74, 6) is 0.608. The fraction of sp³-hybridized carbons (Fsp3) is 0.333. The predicted molar refractivity (Wildman–Crippen MR) is 99.4 cm³/mol. The molecule has 128 valence electrons. The third kappa shape index (κ3) is 2.77. The number of fused-ring (bicyclic) bond motifs is 2. The molecule has 1 heterocycles. The first-order valence-electron chi connectivity index (χ1n) is 8.81. The molecular weight excluding hydrogens is 334 g/mol. The molecule has 0 radical (unpaired) electrons. The van der Waals surface area contributed by atoms with Crippen LogP contribution >= 0.6 is 11.6 Å². The van der Waals surface area contributed by atoms with Crippen LogP contribution in [0, 0.1) is 11.8 Å². The molecule has 25 heavy (non-hydrogen) atoms. The third-order valence-electron chi connectivity index (χ3n) is 5.51. The van der Waals surface area contributed by atoms with E-state index in [-0.39, 0.29) is 17.6 Å². The van der Waals surface area contributed by atoms with Crippen molar-refractivity contribution >= 4 is 23.0 Å². The van der Waals surface area contributed by atoms with Crippen LogP contribution in [0.2, 0.25) is 5.15 Å². The first kappa shape index (κ1) is 16.3. The maximum Gasteiger partial charge on any atom is 0.169 e. The van der Waals surface area contributed by atoms with Gasteiger partial charge in [-0.05, 0) is 60.6 Å². The largest absolute Gasteiger partial charge is 0.511 e. The average Bonchev–Trinajstić information content (AvgIpc) is 3.08. The number of halogens is 1. The van der Waals surface area contributed by atoms with Crippen molar-refractivity contribution < 1.29 is 9.90 Å². The minimum Gasteiger partial charge on any atom is -0.511 e. The Morgan fingerprint density at radius 3 is 2.64 bits per heavy atom. The predicted octanol–water partition coefficient (Wildman–Crippen LogP) is 5.23. The van der Waals surface area contributed by atoms with Gasteiger partial charge in [-0.1, -0.05) is 30.7 Å². The number of Topliss-reactive ketones (excluding diaryl/α,β-unsaturated/α-hetero) is 1. The van der Waals surface area contributed by atoms with Crippen LogP contribution in [-0.4, -0.2) is 15.9 Å². The number of aryl methyl sites for hydroxylation is 1. The summed E-state index contributed by atoms with van der Waals surface area (Å²) in [6.07, 6.45) is 5.14. The summed E-state index contributed by atoms with van der Waals surface area (Å²) < 4.78 is 0. The van der Waals surface area contributed by atoms with E-state index in [0.29, 0.717) is 16.5 Å². The van der Waals surface area contributed by atoms with Crippen LogP contribution in [0.3, 0.4) is 0 Å². The van der Waals surface area contributed by atoms with E-state index in [1.807, 2.05) is 24.3 Å². The Morgan fingerprint density at radius 1 is 1.16 bits per heavy atom. The fourth-order valence-corrected chi connectivity index (χ4v) is 4.23. The van der Waals surface area contributed by atoms with Crippen molar-refractivity contribution in [3.63, 3.8) is 0 Å². The van der Waals surface area contributed by atoms with Gasteiger partial charge in [0, 0.05) is 23.6 Å². The van der Waals surface area contributed by atoms with Gasteiger partial charge in [0.25, 0.3) is 0 Å². The summed E-state index contributed by atoms with van der Waals surface area (Å²) in [7, 11) is 0. The molecular formula is C21H20ClNO2. The van der Waals surface area contributed by atoms with Crippen LogP contribution in [0.15, 0.2) is 42.3 Å². The van der Waals surface area contributed by atoms with Gasteiger partial charge in [-0.25, -0.2) is 4.98 Å². The van der Waals surface area contributed by atoms with Gasteiger partial charge in [0.1, 0.15) is 10.9 Å². The van der Waals surface area contributed by atoms with Crippen molar-refractivity contribution in [1.29, 1.82) is 0 Å². The zero-order valence-corrected chi connectivity index (χ0v) is 14.9. The number of hydrogen-bond acceptors (Lipinski definition) is 3. The zero-order chi connectivity index (χ0) is 17.6. The van der Waals surface area contributed by atoms with Gasteiger partial charge in [0.2, 0.25) is 0 Å². The Kier molecular flexibility index (Phi) is 4.12. The second kappa shape index (κ2) is 6.30. The molecule has 0 amide bonds. The lowest BCUT2D eigenvalue weighted by molar-refractivity contribution is -0.117. The minimum absolute atomic E-state index is 0.0708. The molecule has 0 saturated heterocycles. The number of rotatable bonds is 3. The number of allylic oxidation sites excluding steroid dienone is 2. The van der Waals surface area contributed by atoms with E-state index >= 15 is 0 Å². The summed E-state index contributed by atoms with van der Waals surface area (Å²) in [6, 6.07) is 9.77. The van der Waals surface area contributed by atoms with Crippen molar-refractivity contribution in [3.05, 3.63) is 58.6 Å². The number of pyridine rings is 1. The first-order chi connectivity index (χ1) is 12.1. The molecule has 4 heteroatoms. The fourth-order valence-electron chi connectivity index (χ4n) is 4.12. The van der Waals surface area contributed by atoms with Gasteiger partial charge >= 0.3 is 0 Å². The Hall–Kier alpha value is -2.13. The van der Waals surface area contributed by atoms with Gasteiger partial charge in [-0.2, -0.15) is 0 Å². The van der Waals surface area contributed by atoms with Crippen molar-refractivity contribution in [2.24, 2.45) is 11.8 Å². The number of hydrogen-bond donors (Lipinski definition) is 1. The van der Waals surface area contributed by atoms with E-state index in [0.717, 1.165) is 47.9 Å². The van der Waals surface area contributed by atoms with E-state index in [4.69, 9.17) is 11.6 Å². The maximum absolute atomic E-state index is 12.9. The van der Waals surface area contributed by atoms with Crippen molar-refractivity contribution in [3.8, 4) is 11.1 Å². The number of aliphatic hydroxyl groups excluding tert-OH is 1. The second-order valence-corrected chi connectivity index (χ2v) is 7.31. The monoisotopic (exact) mass is 353 g/mol. The van der Waals surface area contributed by atoms with E-state index in [2.05, 4.69) is 11.9 Å². The summed E-state index contributed by atoms with van der Waals surface area (Å²) in [4.78, 5) is 17.0. The standard InChI is InChI=1S/C21H20ClNO2/c1-2-12-3-4-13(16-7-8-18(22)23-11-16)10-17(12)19-20(24)14-5-6-15(9-14)21(19)25/h3-4,7-8,10-11,14-15,24H,2,5-6,9H2,1H3/t14-,15?/m0/s1. The zero-order valence-electron chi connectivity index (χ0n) is 14.1. The lowest BCUT2D eigenvalue weighted by atomic mass is 9.81. The SMILES string of the molecule is CCc1ccc(-c2ccc(Cl)nc2)cc1C1=C(O)[C@H]2CCC(C2)C1=O. The minimum atomic E-state index is 0.0708. The molecule has 4 rings (SSSR count). The number of aliphatic hydroxyl groups is 1. The molecule has 1 aromatic carbocycles. The number of carbonyl (C=O) groups is 1. The Morgan fingerprint density at radius 2 is 1.92 bits per heavy atom. The van der Waals surface area contributed by atoms with Crippen LogP contribution in [0.5, 0.6) is 0 Å². The Labute approximate surface area is 152 Å². The van der Waals surface area contributed by atoms with Gasteiger partial charge in [0.15, 0.2) is 5.78 Å². The molecule has 2 bridgehead atoms. The number of benzene rings is 1. The van der Waals surface area contributed by atoms with Crippen LogP contribution in [0.25, 0.3) is 16.7 Å². The average molecular weight is 354 g/mol. The smallest absolute Gasteiger partial charge is 0.169 e. The topological polar surface area (TPSA) is 50.2 Å². The van der Waals surface area contributed by atoms with Crippen molar-refractivity contribution in [2.75, 3.05) is 0 Å². The highest BCUT2D eigenvalue weighted by molar-refractivity contribution is 6.29. The van der Waals surface area contributed by atoms with Crippen molar-refractivity contribution in [2.45, 2.75) is 32.6 Å². The van der Waals surface area contributed by atoms with Crippen LogP contribution in [0.1, 0.15) is 37.3 Å². The molecule has 2 aliphatic rings. The van der Waals surface area contributed by atoms with E-state index in [1.165, 1.54) is 0 Å². The van der Waals surface area contributed by atoms with Gasteiger partial charge in [0.05, 0.1) is 5.57 Å². The molecule has 2 atom stereocenters. The molecule has 3 nitrogen and oxygen atoms in total.